The third-order valence-electron chi connectivity index (χ3n) is 2.58. The lowest BCUT2D eigenvalue weighted by Crippen LogP contribution is -2.18. The lowest BCUT2D eigenvalue weighted by atomic mass is 9.93. The first-order valence-electron chi connectivity index (χ1n) is 4.76. The van der Waals surface area contributed by atoms with Crippen LogP contribution >= 0.6 is 27.5 Å². The summed E-state index contributed by atoms with van der Waals surface area (Å²) in [5.74, 6) is 0.452. The Kier molecular flexibility index (Phi) is 4.42. The Bertz CT molecular complexity index is 314. The van der Waals surface area contributed by atoms with Crippen molar-refractivity contribution in [1.29, 1.82) is 0 Å². The zero-order valence-electron chi connectivity index (χ0n) is 8.43. The smallest absolute Gasteiger partial charge is 0.0465 e. The summed E-state index contributed by atoms with van der Waals surface area (Å²) < 4.78 is 0.989. The van der Waals surface area contributed by atoms with Gasteiger partial charge in [-0.2, -0.15) is 0 Å². The van der Waals surface area contributed by atoms with Crippen LogP contribution in [0.3, 0.4) is 0 Å². The van der Waals surface area contributed by atoms with Gasteiger partial charge in [0, 0.05) is 15.5 Å². The summed E-state index contributed by atoms with van der Waals surface area (Å²) in [5, 5.41) is 0.743. The van der Waals surface area contributed by atoms with E-state index in [1.54, 1.807) is 0 Å². The molecule has 3 heteroatoms. The van der Waals surface area contributed by atoms with E-state index in [0.29, 0.717) is 5.92 Å². The van der Waals surface area contributed by atoms with Crippen LogP contribution in [0.4, 0.5) is 0 Å². The van der Waals surface area contributed by atoms with E-state index in [-0.39, 0.29) is 6.04 Å². The molecule has 0 aliphatic heterocycles. The highest BCUT2D eigenvalue weighted by Crippen LogP contribution is 2.30. The summed E-state index contributed by atoms with van der Waals surface area (Å²) in [7, 11) is 0. The van der Waals surface area contributed by atoms with Gasteiger partial charge in [0.1, 0.15) is 0 Å². The standard InChI is InChI=1S/C11H15BrClN/c1-3-7(2)11(14)9-5-4-8(12)6-10(9)13/h4-7,11H,3,14H2,1-2H3/t7?,11-/m0/s1. The van der Waals surface area contributed by atoms with Gasteiger partial charge >= 0.3 is 0 Å². The monoisotopic (exact) mass is 275 g/mol. The predicted octanol–water partition coefficient (Wildman–Crippen LogP) is 4.15. The van der Waals surface area contributed by atoms with E-state index in [9.17, 15) is 0 Å². The van der Waals surface area contributed by atoms with Gasteiger partial charge in [0.05, 0.1) is 0 Å². The van der Waals surface area contributed by atoms with E-state index in [1.807, 2.05) is 18.2 Å². The molecule has 1 unspecified atom stereocenters. The normalized spacial score (nSPS) is 15.2. The molecule has 1 aromatic rings. The van der Waals surface area contributed by atoms with Gasteiger partial charge < -0.3 is 5.73 Å². The Hall–Kier alpha value is -0.0500. The third-order valence-corrected chi connectivity index (χ3v) is 3.40. The molecule has 0 radical (unpaired) electrons. The predicted molar refractivity (Wildman–Crippen MR) is 65.5 cm³/mol. The van der Waals surface area contributed by atoms with Crippen molar-refractivity contribution >= 4 is 27.5 Å². The first-order valence-corrected chi connectivity index (χ1v) is 5.94. The minimum Gasteiger partial charge on any atom is -0.324 e. The molecule has 0 spiro atoms. The van der Waals surface area contributed by atoms with E-state index < -0.39 is 0 Å². The Labute approximate surface area is 98.8 Å². The second-order valence-electron chi connectivity index (χ2n) is 3.58. The second kappa shape index (κ2) is 5.15. The van der Waals surface area contributed by atoms with Crippen molar-refractivity contribution in [1.82, 2.24) is 0 Å². The number of hydrogen-bond acceptors (Lipinski definition) is 1. The number of benzene rings is 1. The van der Waals surface area contributed by atoms with Crippen LogP contribution in [0.5, 0.6) is 0 Å². The van der Waals surface area contributed by atoms with Crippen molar-refractivity contribution in [2.24, 2.45) is 11.7 Å². The van der Waals surface area contributed by atoms with Crippen LogP contribution in [0, 0.1) is 5.92 Å². The zero-order chi connectivity index (χ0) is 10.7. The Morgan fingerprint density at radius 1 is 1.50 bits per heavy atom. The molecule has 0 saturated heterocycles. The van der Waals surface area contributed by atoms with Gasteiger partial charge in [-0.25, -0.2) is 0 Å². The molecule has 2 atom stereocenters. The van der Waals surface area contributed by atoms with Gasteiger partial charge in [-0.1, -0.05) is 53.9 Å². The van der Waals surface area contributed by atoms with Crippen LogP contribution < -0.4 is 5.73 Å². The van der Waals surface area contributed by atoms with Crippen LogP contribution in [0.1, 0.15) is 31.9 Å². The van der Waals surface area contributed by atoms with Gasteiger partial charge in [0.25, 0.3) is 0 Å². The fourth-order valence-corrected chi connectivity index (χ4v) is 2.13. The minimum atomic E-state index is 0.0283. The molecule has 0 amide bonds. The van der Waals surface area contributed by atoms with Gasteiger partial charge in [-0.15, -0.1) is 0 Å². The van der Waals surface area contributed by atoms with Crippen LogP contribution in [0.25, 0.3) is 0 Å². The molecule has 1 rings (SSSR count). The largest absolute Gasteiger partial charge is 0.324 e. The Morgan fingerprint density at radius 3 is 2.64 bits per heavy atom. The zero-order valence-corrected chi connectivity index (χ0v) is 10.8. The third kappa shape index (κ3) is 2.72. The molecule has 0 heterocycles. The number of halogens is 2. The topological polar surface area (TPSA) is 26.0 Å². The highest BCUT2D eigenvalue weighted by Gasteiger charge is 2.15. The van der Waals surface area contributed by atoms with E-state index in [1.165, 1.54) is 0 Å². The van der Waals surface area contributed by atoms with Crippen molar-refractivity contribution in [3.05, 3.63) is 33.3 Å². The molecule has 78 valence electrons. The van der Waals surface area contributed by atoms with Crippen LogP contribution in [0.2, 0.25) is 5.02 Å². The molecule has 0 fully saturated rings. The molecule has 2 N–H and O–H groups in total. The second-order valence-corrected chi connectivity index (χ2v) is 4.90. The number of hydrogen-bond donors (Lipinski definition) is 1. The highest BCUT2D eigenvalue weighted by molar-refractivity contribution is 9.10. The molecule has 0 aliphatic carbocycles. The molecule has 0 saturated carbocycles. The fraction of sp³-hybridized carbons (Fsp3) is 0.455. The Morgan fingerprint density at radius 2 is 2.14 bits per heavy atom. The summed E-state index contributed by atoms with van der Waals surface area (Å²) >= 11 is 9.49. The van der Waals surface area contributed by atoms with Gasteiger partial charge in [0.2, 0.25) is 0 Å². The summed E-state index contributed by atoms with van der Waals surface area (Å²) in [6.07, 6.45) is 1.06. The number of rotatable bonds is 3. The maximum Gasteiger partial charge on any atom is 0.0465 e. The maximum absolute atomic E-state index is 6.12. The molecule has 0 aromatic heterocycles. The van der Waals surface area contributed by atoms with Crippen molar-refractivity contribution in [2.45, 2.75) is 26.3 Å². The minimum absolute atomic E-state index is 0.0283. The average Bonchev–Trinajstić information content (AvgIpc) is 2.15. The maximum atomic E-state index is 6.12. The molecule has 1 nitrogen and oxygen atoms in total. The van der Waals surface area contributed by atoms with Crippen LogP contribution in [0.15, 0.2) is 22.7 Å². The molecular weight excluding hydrogens is 261 g/mol. The van der Waals surface area contributed by atoms with Crippen LogP contribution in [-0.2, 0) is 0 Å². The Balaban J connectivity index is 2.95. The molecule has 0 aliphatic rings. The molecular formula is C11H15BrClN. The molecule has 0 bridgehead atoms. The lowest BCUT2D eigenvalue weighted by molar-refractivity contribution is 0.457. The van der Waals surface area contributed by atoms with E-state index in [2.05, 4.69) is 29.8 Å². The lowest BCUT2D eigenvalue weighted by Gasteiger charge is -2.19. The van der Waals surface area contributed by atoms with Crippen molar-refractivity contribution in [3.8, 4) is 0 Å². The summed E-state index contributed by atoms with van der Waals surface area (Å²) in [6, 6.07) is 5.88. The van der Waals surface area contributed by atoms with Gasteiger partial charge in [0.15, 0.2) is 0 Å². The van der Waals surface area contributed by atoms with E-state index >= 15 is 0 Å². The highest BCUT2D eigenvalue weighted by atomic mass is 79.9. The fourth-order valence-electron chi connectivity index (χ4n) is 1.33. The van der Waals surface area contributed by atoms with Crippen molar-refractivity contribution in [3.63, 3.8) is 0 Å². The van der Waals surface area contributed by atoms with E-state index in [4.69, 9.17) is 17.3 Å². The van der Waals surface area contributed by atoms with Crippen molar-refractivity contribution < 1.29 is 0 Å². The van der Waals surface area contributed by atoms with Crippen LogP contribution in [-0.4, -0.2) is 0 Å². The average molecular weight is 277 g/mol. The summed E-state index contributed by atoms with van der Waals surface area (Å²) in [6.45, 7) is 4.28. The quantitative estimate of drug-likeness (QED) is 0.882. The SMILES string of the molecule is CCC(C)[C@H](N)c1ccc(Br)cc1Cl. The summed E-state index contributed by atoms with van der Waals surface area (Å²) in [5.41, 5.74) is 7.13. The van der Waals surface area contributed by atoms with Gasteiger partial charge in [-0.3, -0.25) is 0 Å². The molecule has 1 aromatic carbocycles. The van der Waals surface area contributed by atoms with Gasteiger partial charge in [-0.05, 0) is 23.6 Å². The first-order chi connectivity index (χ1) is 6.56. The van der Waals surface area contributed by atoms with E-state index in [0.717, 1.165) is 21.5 Å². The summed E-state index contributed by atoms with van der Waals surface area (Å²) in [4.78, 5) is 0. The number of nitrogens with two attached hydrogens (primary N) is 1. The first kappa shape index (κ1) is 12.0. The van der Waals surface area contributed by atoms with Crippen molar-refractivity contribution in [2.75, 3.05) is 0 Å². The molecule has 14 heavy (non-hydrogen) atoms.